The maximum atomic E-state index is 11.6. The van der Waals surface area contributed by atoms with Crippen molar-refractivity contribution in [1.29, 1.82) is 0 Å². The highest BCUT2D eigenvalue weighted by Gasteiger charge is 2.20. The van der Waals surface area contributed by atoms with E-state index in [-0.39, 0.29) is 18.6 Å². The molecule has 6 nitrogen and oxygen atoms in total. The van der Waals surface area contributed by atoms with Gasteiger partial charge in [0.2, 0.25) is 5.91 Å². The Morgan fingerprint density at radius 3 is 2.52 bits per heavy atom. The molecule has 1 unspecified atom stereocenters. The molecule has 0 fully saturated rings. The van der Waals surface area contributed by atoms with Crippen LogP contribution in [0.15, 0.2) is 0 Å². The van der Waals surface area contributed by atoms with Gasteiger partial charge < -0.3 is 19.9 Å². The quantitative estimate of drug-likeness (QED) is 0.576. The first-order valence-corrected chi connectivity index (χ1v) is 7.49. The van der Waals surface area contributed by atoms with Gasteiger partial charge in [-0.15, -0.1) is 0 Å². The van der Waals surface area contributed by atoms with Gasteiger partial charge in [0.05, 0.1) is 6.10 Å². The number of hydrogen-bond acceptors (Lipinski definition) is 4. The third-order valence-corrected chi connectivity index (χ3v) is 3.03. The highest BCUT2D eigenvalue weighted by Crippen LogP contribution is 2.11. The maximum Gasteiger partial charge on any atom is 0.329 e. The van der Waals surface area contributed by atoms with Crippen LogP contribution in [0.3, 0.4) is 0 Å². The lowest BCUT2D eigenvalue weighted by molar-refractivity contribution is -0.143. The van der Waals surface area contributed by atoms with Crippen molar-refractivity contribution in [2.45, 2.75) is 65.0 Å². The normalized spacial score (nSPS) is 13.0. The van der Waals surface area contributed by atoms with Gasteiger partial charge in [-0.1, -0.05) is 19.8 Å². The molecule has 0 aliphatic heterocycles. The Hall–Kier alpha value is -1.14. The summed E-state index contributed by atoms with van der Waals surface area (Å²) in [6.07, 6.45) is 4.28. The molecule has 0 aliphatic rings. The minimum atomic E-state index is -1.09. The molecule has 0 aromatic carbocycles. The molecule has 0 bridgehead atoms. The third kappa shape index (κ3) is 12.3. The summed E-state index contributed by atoms with van der Waals surface area (Å²) < 4.78 is 10.5. The maximum absolute atomic E-state index is 11.6. The third-order valence-electron chi connectivity index (χ3n) is 3.03. The standard InChI is InChI=1S/C15H29NO5/c1-5-6-7-12(2)21-9-8-15(3,4)16-13(17)10-20-11-14(18)19/h12H,5-11H2,1-4H3,(H,16,17)(H,18,19). The fraction of sp³-hybridized carbons (Fsp3) is 0.867. The average molecular weight is 303 g/mol. The molecule has 0 aromatic heterocycles. The van der Waals surface area contributed by atoms with E-state index in [1.54, 1.807) is 0 Å². The van der Waals surface area contributed by atoms with E-state index in [1.165, 1.54) is 0 Å². The smallest absolute Gasteiger partial charge is 0.329 e. The molecule has 0 rings (SSSR count). The van der Waals surface area contributed by atoms with Gasteiger partial charge in [0.25, 0.3) is 0 Å². The molecule has 0 aliphatic carbocycles. The lowest BCUT2D eigenvalue weighted by atomic mass is 10.0. The molecule has 1 amide bonds. The van der Waals surface area contributed by atoms with Gasteiger partial charge in [-0.2, -0.15) is 0 Å². The van der Waals surface area contributed by atoms with Gasteiger partial charge in [-0.05, 0) is 33.6 Å². The zero-order valence-electron chi connectivity index (χ0n) is 13.6. The van der Waals surface area contributed by atoms with Crippen LogP contribution in [0.25, 0.3) is 0 Å². The van der Waals surface area contributed by atoms with Crippen molar-refractivity contribution in [2.75, 3.05) is 19.8 Å². The van der Waals surface area contributed by atoms with E-state index in [2.05, 4.69) is 19.2 Å². The van der Waals surface area contributed by atoms with Crippen LogP contribution in [0, 0.1) is 0 Å². The number of carbonyl (C=O) groups is 2. The Bertz CT molecular complexity index is 317. The van der Waals surface area contributed by atoms with E-state index in [4.69, 9.17) is 14.6 Å². The second kappa shape index (κ2) is 10.6. The van der Waals surface area contributed by atoms with Gasteiger partial charge in [-0.25, -0.2) is 4.79 Å². The molecule has 2 N–H and O–H groups in total. The van der Waals surface area contributed by atoms with Gasteiger partial charge in [-0.3, -0.25) is 4.79 Å². The fourth-order valence-electron chi connectivity index (χ4n) is 1.80. The number of carbonyl (C=O) groups excluding carboxylic acids is 1. The molecular weight excluding hydrogens is 274 g/mol. The van der Waals surface area contributed by atoms with E-state index < -0.39 is 18.1 Å². The molecule has 0 spiro atoms. The van der Waals surface area contributed by atoms with Crippen LogP contribution in [-0.2, 0) is 19.1 Å². The van der Waals surface area contributed by atoms with Crippen LogP contribution in [0.4, 0.5) is 0 Å². The van der Waals surface area contributed by atoms with Crippen molar-refractivity contribution < 1.29 is 24.2 Å². The van der Waals surface area contributed by atoms with Gasteiger partial charge >= 0.3 is 5.97 Å². The van der Waals surface area contributed by atoms with Crippen LogP contribution in [0.5, 0.6) is 0 Å². The zero-order chi connectivity index (χ0) is 16.3. The number of nitrogens with one attached hydrogen (secondary N) is 1. The Labute approximate surface area is 127 Å². The minimum Gasteiger partial charge on any atom is -0.480 e. The Morgan fingerprint density at radius 1 is 1.29 bits per heavy atom. The molecule has 21 heavy (non-hydrogen) atoms. The first-order valence-electron chi connectivity index (χ1n) is 7.49. The highest BCUT2D eigenvalue weighted by molar-refractivity contribution is 5.78. The Kier molecular flexibility index (Phi) is 9.99. The molecule has 0 heterocycles. The molecule has 0 saturated carbocycles. The fourth-order valence-corrected chi connectivity index (χ4v) is 1.80. The van der Waals surface area contributed by atoms with Crippen LogP contribution in [-0.4, -0.2) is 48.4 Å². The van der Waals surface area contributed by atoms with E-state index in [0.717, 1.165) is 19.3 Å². The average Bonchev–Trinajstić information content (AvgIpc) is 2.34. The number of hydrogen-bond donors (Lipinski definition) is 2. The van der Waals surface area contributed by atoms with Crippen molar-refractivity contribution in [1.82, 2.24) is 5.32 Å². The van der Waals surface area contributed by atoms with Gasteiger partial charge in [0.1, 0.15) is 13.2 Å². The number of aliphatic carboxylic acids is 1. The van der Waals surface area contributed by atoms with Crippen LogP contribution < -0.4 is 5.32 Å². The number of carboxylic acid groups (broad SMARTS) is 1. The first-order chi connectivity index (χ1) is 9.76. The lowest BCUT2D eigenvalue weighted by Gasteiger charge is -2.27. The van der Waals surface area contributed by atoms with E-state index in [0.29, 0.717) is 13.0 Å². The highest BCUT2D eigenvalue weighted by atomic mass is 16.5. The summed E-state index contributed by atoms with van der Waals surface area (Å²) in [7, 11) is 0. The zero-order valence-corrected chi connectivity index (χ0v) is 13.6. The summed E-state index contributed by atoms with van der Waals surface area (Å²) in [5.74, 6) is -1.41. The lowest BCUT2D eigenvalue weighted by Crippen LogP contribution is -2.46. The van der Waals surface area contributed by atoms with Crippen molar-refractivity contribution in [2.24, 2.45) is 0 Å². The van der Waals surface area contributed by atoms with E-state index in [9.17, 15) is 9.59 Å². The van der Waals surface area contributed by atoms with Gasteiger partial charge in [0, 0.05) is 12.1 Å². The number of rotatable bonds is 12. The largest absolute Gasteiger partial charge is 0.480 e. The molecule has 0 radical (unpaired) electrons. The van der Waals surface area contributed by atoms with Crippen molar-refractivity contribution in [3.05, 3.63) is 0 Å². The molecule has 1 atom stereocenters. The molecular formula is C15H29NO5. The van der Waals surface area contributed by atoms with Crippen molar-refractivity contribution in [3.63, 3.8) is 0 Å². The van der Waals surface area contributed by atoms with Crippen LogP contribution >= 0.6 is 0 Å². The summed E-state index contributed by atoms with van der Waals surface area (Å²) in [4.78, 5) is 21.9. The number of carboxylic acids is 1. The van der Waals surface area contributed by atoms with Crippen LogP contribution in [0.1, 0.15) is 53.4 Å². The summed E-state index contributed by atoms with van der Waals surface area (Å²) >= 11 is 0. The SMILES string of the molecule is CCCCC(C)OCCC(C)(C)NC(=O)COCC(=O)O. The summed E-state index contributed by atoms with van der Waals surface area (Å²) in [5.41, 5.74) is -0.409. The topological polar surface area (TPSA) is 84.9 Å². The Balaban J connectivity index is 3.86. The molecule has 0 saturated heterocycles. The van der Waals surface area contributed by atoms with Crippen LogP contribution in [0.2, 0.25) is 0 Å². The molecule has 124 valence electrons. The summed E-state index contributed by atoms with van der Waals surface area (Å²) in [6.45, 7) is 7.88. The van der Waals surface area contributed by atoms with E-state index >= 15 is 0 Å². The van der Waals surface area contributed by atoms with Crippen molar-refractivity contribution in [3.8, 4) is 0 Å². The monoisotopic (exact) mass is 303 g/mol. The second-order valence-corrected chi connectivity index (χ2v) is 5.89. The number of ether oxygens (including phenoxy) is 2. The Morgan fingerprint density at radius 2 is 1.95 bits per heavy atom. The number of unbranched alkanes of at least 4 members (excludes halogenated alkanes) is 1. The molecule has 6 heteroatoms. The van der Waals surface area contributed by atoms with Crippen molar-refractivity contribution >= 4 is 11.9 Å². The van der Waals surface area contributed by atoms with Gasteiger partial charge in [0.15, 0.2) is 0 Å². The predicted octanol–water partition coefficient (Wildman–Crippen LogP) is 1.97. The van der Waals surface area contributed by atoms with E-state index in [1.807, 2.05) is 13.8 Å². The summed E-state index contributed by atoms with van der Waals surface area (Å²) in [6, 6.07) is 0. The second-order valence-electron chi connectivity index (χ2n) is 5.89. The minimum absolute atomic E-state index is 0.232. The first kappa shape index (κ1) is 19.9. The summed E-state index contributed by atoms with van der Waals surface area (Å²) in [5, 5.41) is 11.2. The number of amides is 1. The molecule has 0 aromatic rings. The predicted molar refractivity (Wildman–Crippen MR) is 80.2 cm³/mol.